The number of aromatic nitrogens is 2. The number of rotatable bonds is 4. The van der Waals surface area contributed by atoms with E-state index >= 15 is 0 Å². The van der Waals surface area contributed by atoms with Gasteiger partial charge in [-0.1, -0.05) is 6.07 Å². The van der Waals surface area contributed by atoms with Gasteiger partial charge in [0, 0.05) is 12.7 Å². The fraction of sp³-hybridized carbons (Fsp3) is 0.0667. The Morgan fingerprint density at radius 1 is 1.32 bits per heavy atom. The lowest BCUT2D eigenvalue weighted by atomic mass is 10.3. The van der Waals surface area contributed by atoms with E-state index in [1.54, 1.807) is 36.7 Å². The Balaban J connectivity index is 1.81. The van der Waals surface area contributed by atoms with Gasteiger partial charge in [0.2, 0.25) is 5.82 Å². The standard InChI is InChI=1S/C15H11BrFN5O2S/c1-18-13(19-8-4-5-10(17)9(16)7-8)12-14(22-24-21-12)20-15(23)11-3-2-6-25-11/h2-7H,1H3,(H,18,19)(H,20,22,23). The van der Waals surface area contributed by atoms with Crippen LogP contribution in [0.4, 0.5) is 15.9 Å². The van der Waals surface area contributed by atoms with Gasteiger partial charge in [0.05, 0.1) is 9.35 Å². The number of halogens is 2. The van der Waals surface area contributed by atoms with Crippen LogP contribution in [0.2, 0.25) is 0 Å². The van der Waals surface area contributed by atoms with Crippen molar-refractivity contribution in [3.05, 3.63) is 56.6 Å². The van der Waals surface area contributed by atoms with Crippen LogP contribution in [0, 0.1) is 5.82 Å². The quantitative estimate of drug-likeness (QED) is 0.492. The number of anilines is 2. The summed E-state index contributed by atoms with van der Waals surface area (Å²) in [6.07, 6.45) is 0. The number of nitrogens with zero attached hydrogens (tertiary/aromatic N) is 3. The molecule has 2 aromatic heterocycles. The van der Waals surface area contributed by atoms with Crippen LogP contribution in [0.3, 0.4) is 0 Å². The molecule has 1 amide bonds. The maximum atomic E-state index is 13.3. The third-order valence-electron chi connectivity index (χ3n) is 3.10. The van der Waals surface area contributed by atoms with Gasteiger partial charge in [-0.05, 0) is 55.9 Å². The predicted octanol–water partition coefficient (Wildman–Crippen LogP) is 3.77. The van der Waals surface area contributed by atoms with Crippen molar-refractivity contribution in [3.63, 3.8) is 0 Å². The van der Waals surface area contributed by atoms with Crippen LogP contribution in [0.25, 0.3) is 0 Å². The summed E-state index contributed by atoms with van der Waals surface area (Å²) in [5, 5.41) is 14.9. The molecule has 0 aliphatic carbocycles. The number of amidine groups is 1. The number of nitrogens with one attached hydrogen (secondary N) is 2. The van der Waals surface area contributed by atoms with Crippen LogP contribution in [0.15, 0.2) is 49.8 Å². The second-order valence-corrected chi connectivity index (χ2v) is 6.52. The third-order valence-corrected chi connectivity index (χ3v) is 4.57. The molecule has 0 spiro atoms. The first-order valence-electron chi connectivity index (χ1n) is 6.95. The first-order valence-corrected chi connectivity index (χ1v) is 8.62. The van der Waals surface area contributed by atoms with Crippen molar-refractivity contribution in [2.24, 2.45) is 4.99 Å². The average molecular weight is 424 g/mol. The number of benzene rings is 1. The molecule has 0 radical (unpaired) electrons. The molecule has 0 unspecified atom stereocenters. The minimum atomic E-state index is -0.382. The Hall–Kier alpha value is -2.59. The van der Waals surface area contributed by atoms with Crippen molar-refractivity contribution in [1.29, 1.82) is 0 Å². The van der Waals surface area contributed by atoms with Crippen molar-refractivity contribution in [3.8, 4) is 0 Å². The fourth-order valence-corrected chi connectivity index (χ4v) is 2.93. The van der Waals surface area contributed by atoms with Gasteiger partial charge in [-0.3, -0.25) is 9.79 Å². The monoisotopic (exact) mass is 423 g/mol. The number of hydrogen-bond donors (Lipinski definition) is 2. The van der Waals surface area contributed by atoms with Crippen molar-refractivity contribution < 1.29 is 13.8 Å². The zero-order valence-corrected chi connectivity index (χ0v) is 15.2. The molecule has 3 rings (SSSR count). The maximum absolute atomic E-state index is 13.3. The van der Waals surface area contributed by atoms with Gasteiger partial charge in [-0.2, -0.15) is 0 Å². The topological polar surface area (TPSA) is 92.4 Å². The summed E-state index contributed by atoms with van der Waals surface area (Å²) in [5.41, 5.74) is 0.806. The highest BCUT2D eigenvalue weighted by Gasteiger charge is 2.19. The first-order chi connectivity index (χ1) is 12.1. The summed E-state index contributed by atoms with van der Waals surface area (Å²) in [6.45, 7) is 0. The van der Waals surface area contributed by atoms with E-state index < -0.39 is 0 Å². The SMILES string of the molecule is CN=C(Nc1ccc(F)c(Br)c1)c1nonc1NC(=O)c1cccs1. The summed E-state index contributed by atoms with van der Waals surface area (Å²) in [7, 11) is 1.54. The zero-order valence-electron chi connectivity index (χ0n) is 12.8. The molecular formula is C15H11BrFN5O2S. The Bertz CT molecular complexity index is 926. The molecule has 0 saturated carbocycles. The highest BCUT2D eigenvalue weighted by Crippen LogP contribution is 2.22. The largest absolute Gasteiger partial charge is 0.338 e. The van der Waals surface area contributed by atoms with Crippen molar-refractivity contribution in [1.82, 2.24) is 10.3 Å². The number of hydrogen-bond acceptors (Lipinski definition) is 6. The Morgan fingerprint density at radius 3 is 2.84 bits per heavy atom. The first kappa shape index (κ1) is 17.2. The molecule has 7 nitrogen and oxygen atoms in total. The van der Waals surface area contributed by atoms with Crippen LogP contribution < -0.4 is 10.6 Å². The van der Waals surface area contributed by atoms with E-state index in [1.807, 2.05) is 0 Å². The third kappa shape index (κ3) is 3.91. The molecule has 0 saturated heterocycles. The summed E-state index contributed by atoms with van der Waals surface area (Å²) in [4.78, 5) is 16.8. The molecule has 3 aromatic rings. The maximum Gasteiger partial charge on any atom is 0.267 e. The minimum Gasteiger partial charge on any atom is -0.338 e. The summed E-state index contributed by atoms with van der Waals surface area (Å²) < 4.78 is 18.4. The minimum absolute atomic E-state index is 0.132. The number of thiophene rings is 1. The van der Waals surface area contributed by atoms with E-state index in [0.717, 1.165) is 0 Å². The van der Waals surface area contributed by atoms with E-state index in [1.165, 1.54) is 17.4 Å². The van der Waals surface area contributed by atoms with E-state index in [0.29, 0.717) is 20.9 Å². The molecule has 128 valence electrons. The van der Waals surface area contributed by atoms with E-state index in [-0.39, 0.29) is 23.2 Å². The Morgan fingerprint density at radius 2 is 2.16 bits per heavy atom. The van der Waals surface area contributed by atoms with Crippen LogP contribution in [-0.4, -0.2) is 29.1 Å². The van der Waals surface area contributed by atoms with Crippen LogP contribution in [0.1, 0.15) is 15.4 Å². The summed E-state index contributed by atoms with van der Waals surface area (Å²) in [5.74, 6) is -0.270. The number of carbonyl (C=O) groups excluding carboxylic acids is 1. The van der Waals surface area contributed by atoms with E-state index in [4.69, 9.17) is 4.63 Å². The Kier molecular flexibility index (Phi) is 5.19. The average Bonchev–Trinajstić information content (AvgIpc) is 3.27. The molecule has 0 bridgehead atoms. The molecule has 0 aliphatic heterocycles. The number of amides is 1. The van der Waals surface area contributed by atoms with Crippen LogP contribution >= 0.6 is 27.3 Å². The molecule has 2 heterocycles. The van der Waals surface area contributed by atoms with Gasteiger partial charge in [-0.15, -0.1) is 11.3 Å². The van der Waals surface area contributed by atoms with Gasteiger partial charge in [0.25, 0.3) is 5.91 Å². The summed E-state index contributed by atoms with van der Waals surface area (Å²) in [6, 6.07) is 7.87. The van der Waals surface area contributed by atoms with Crippen LogP contribution in [0.5, 0.6) is 0 Å². The molecule has 25 heavy (non-hydrogen) atoms. The van der Waals surface area contributed by atoms with Gasteiger partial charge < -0.3 is 10.6 Å². The molecule has 0 atom stereocenters. The highest BCUT2D eigenvalue weighted by molar-refractivity contribution is 9.10. The fourth-order valence-electron chi connectivity index (χ4n) is 1.93. The van der Waals surface area contributed by atoms with E-state index in [2.05, 4.69) is 41.9 Å². The van der Waals surface area contributed by atoms with Gasteiger partial charge in [0.15, 0.2) is 11.5 Å². The second kappa shape index (κ2) is 7.53. The molecule has 0 fully saturated rings. The lowest BCUT2D eigenvalue weighted by Gasteiger charge is -2.09. The lowest BCUT2D eigenvalue weighted by Crippen LogP contribution is -2.19. The van der Waals surface area contributed by atoms with Crippen molar-refractivity contribution in [2.75, 3.05) is 17.7 Å². The molecule has 2 N–H and O–H groups in total. The highest BCUT2D eigenvalue weighted by atomic mass is 79.9. The number of aliphatic imine (C=N–C) groups is 1. The zero-order chi connectivity index (χ0) is 17.8. The predicted molar refractivity (Wildman–Crippen MR) is 96.8 cm³/mol. The van der Waals surface area contributed by atoms with Gasteiger partial charge in [0.1, 0.15) is 5.82 Å². The normalized spacial score (nSPS) is 11.4. The van der Waals surface area contributed by atoms with Crippen molar-refractivity contribution >= 4 is 50.5 Å². The number of carbonyl (C=O) groups is 1. The van der Waals surface area contributed by atoms with Gasteiger partial charge >= 0.3 is 0 Å². The van der Waals surface area contributed by atoms with Crippen LogP contribution in [-0.2, 0) is 0 Å². The van der Waals surface area contributed by atoms with E-state index in [9.17, 15) is 9.18 Å². The Labute approximate surface area is 154 Å². The molecular weight excluding hydrogens is 413 g/mol. The van der Waals surface area contributed by atoms with Gasteiger partial charge in [-0.25, -0.2) is 9.02 Å². The van der Waals surface area contributed by atoms with Crippen molar-refractivity contribution in [2.45, 2.75) is 0 Å². The summed E-state index contributed by atoms with van der Waals surface area (Å²) >= 11 is 4.42. The molecule has 10 heteroatoms. The smallest absolute Gasteiger partial charge is 0.267 e. The molecule has 1 aromatic carbocycles. The lowest BCUT2D eigenvalue weighted by molar-refractivity contribution is 0.102. The second-order valence-electron chi connectivity index (χ2n) is 4.72. The molecule has 0 aliphatic rings.